The number of aromatic nitrogens is 1. The number of pyridine rings is 1. The second-order valence-electron chi connectivity index (χ2n) is 5.63. The molecule has 1 aromatic heterocycles. The van der Waals surface area contributed by atoms with Crippen LogP contribution in [0.4, 0.5) is 11.5 Å². The molecule has 2 rings (SSSR count). The molecule has 2 N–H and O–H groups in total. The Bertz CT molecular complexity index is 426. The largest absolute Gasteiger partial charge is 0.384 e. The van der Waals surface area contributed by atoms with Crippen molar-refractivity contribution >= 4 is 17.4 Å². The second kappa shape index (κ2) is 7.24. The molecule has 0 aliphatic heterocycles. The van der Waals surface area contributed by atoms with E-state index in [0.717, 1.165) is 38.0 Å². The lowest BCUT2D eigenvalue weighted by molar-refractivity contribution is -0.122. The summed E-state index contributed by atoms with van der Waals surface area (Å²) in [5.74, 6) is 0.941. The number of amides is 1. The van der Waals surface area contributed by atoms with Gasteiger partial charge in [-0.05, 0) is 52.0 Å². The van der Waals surface area contributed by atoms with Crippen LogP contribution < -0.4 is 10.6 Å². The average molecular weight is 276 g/mol. The van der Waals surface area contributed by atoms with Crippen LogP contribution in [0.25, 0.3) is 0 Å². The van der Waals surface area contributed by atoms with Gasteiger partial charge < -0.3 is 15.5 Å². The predicted octanol–water partition coefficient (Wildman–Crippen LogP) is 2.18. The first-order chi connectivity index (χ1) is 9.65. The Morgan fingerprint density at radius 2 is 2.20 bits per heavy atom. The summed E-state index contributed by atoms with van der Waals surface area (Å²) in [5.41, 5.74) is 0.991. The number of nitrogens with one attached hydrogen (secondary N) is 2. The molecule has 1 heterocycles. The molecule has 1 amide bonds. The summed E-state index contributed by atoms with van der Waals surface area (Å²) in [6.45, 7) is 1.99. The molecule has 0 atom stereocenters. The van der Waals surface area contributed by atoms with E-state index in [0.29, 0.717) is 5.82 Å². The van der Waals surface area contributed by atoms with Gasteiger partial charge >= 0.3 is 0 Å². The number of hydrogen-bond donors (Lipinski definition) is 2. The van der Waals surface area contributed by atoms with Crippen LogP contribution in [0.2, 0.25) is 0 Å². The first kappa shape index (κ1) is 14.8. The van der Waals surface area contributed by atoms with Gasteiger partial charge in [0.2, 0.25) is 5.91 Å². The maximum absolute atomic E-state index is 11.8. The minimum Gasteiger partial charge on any atom is -0.384 e. The van der Waals surface area contributed by atoms with Crippen molar-refractivity contribution in [3.05, 3.63) is 18.3 Å². The van der Waals surface area contributed by atoms with E-state index < -0.39 is 0 Å². The average Bonchev–Trinajstić information content (AvgIpc) is 2.34. The molecule has 0 unspecified atom stereocenters. The number of hydrogen-bond acceptors (Lipinski definition) is 4. The standard InChI is InChI=1S/C15H24N4O/c1-19(2)10-4-9-16-13-7-8-14(17-11-13)18-15(20)12-5-3-6-12/h7-8,11-12,16H,3-6,9-10H2,1-2H3,(H,17,18,20). The molecule has 1 fully saturated rings. The van der Waals surface area contributed by atoms with Crippen LogP contribution >= 0.6 is 0 Å². The number of carbonyl (C=O) groups excluding carboxylic acids is 1. The van der Waals surface area contributed by atoms with Crippen LogP contribution in [0.5, 0.6) is 0 Å². The summed E-state index contributed by atoms with van der Waals surface area (Å²) in [6, 6.07) is 3.81. The van der Waals surface area contributed by atoms with Crippen LogP contribution in [0, 0.1) is 5.92 Å². The van der Waals surface area contributed by atoms with Gasteiger partial charge in [-0.1, -0.05) is 6.42 Å². The lowest BCUT2D eigenvalue weighted by Crippen LogP contribution is -2.28. The second-order valence-corrected chi connectivity index (χ2v) is 5.63. The van der Waals surface area contributed by atoms with Crippen molar-refractivity contribution in [3.8, 4) is 0 Å². The summed E-state index contributed by atoms with van der Waals surface area (Å²) >= 11 is 0. The van der Waals surface area contributed by atoms with Gasteiger partial charge in [0, 0.05) is 12.5 Å². The van der Waals surface area contributed by atoms with Crippen molar-refractivity contribution in [1.82, 2.24) is 9.88 Å². The van der Waals surface area contributed by atoms with E-state index in [1.807, 2.05) is 12.1 Å². The van der Waals surface area contributed by atoms with Crippen molar-refractivity contribution in [1.29, 1.82) is 0 Å². The number of carbonyl (C=O) groups is 1. The third kappa shape index (κ3) is 4.49. The Kier molecular flexibility index (Phi) is 5.35. The summed E-state index contributed by atoms with van der Waals surface area (Å²) in [5, 5.41) is 6.19. The van der Waals surface area contributed by atoms with Crippen molar-refractivity contribution in [2.24, 2.45) is 5.92 Å². The lowest BCUT2D eigenvalue weighted by Gasteiger charge is -2.23. The summed E-state index contributed by atoms with van der Waals surface area (Å²) in [4.78, 5) is 18.2. The minimum absolute atomic E-state index is 0.107. The third-order valence-corrected chi connectivity index (χ3v) is 3.60. The topological polar surface area (TPSA) is 57.3 Å². The van der Waals surface area contributed by atoms with Crippen LogP contribution in [0.3, 0.4) is 0 Å². The van der Waals surface area contributed by atoms with Gasteiger partial charge in [-0.3, -0.25) is 4.79 Å². The first-order valence-corrected chi connectivity index (χ1v) is 7.30. The highest BCUT2D eigenvalue weighted by atomic mass is 16.2. The molecule has 0 bridgehead atoms. The summed E-state index contributed by atoms with van der Waals surface area (Å²) in [7, 11) is 4.14. The van der Waals surface area contributed by atoms with Crippen LogP contribution in [-0.2, 0) is 4.79 Å². The molecule has 1 aromatic rings. The van der Waals surface area contributed by atoms with Crippen molar-refractivity contribution in [3.63, 3.8) is 0 Å². The zero-order valence-corrected chi connectivity index (χ0v) is 12.4. The lowest BCUT2D eigenvalue weighted by atomic mass is 9.85. The SMILES string of the molecule is CN(C)CCCNc1ccc(NC(=O)C2CCC2)nc1. The maximum Gasteiger partial charge on any atom is 0.228 e. The molecule has 5 nitrogen and oxygen atoms in total. The van der Waals surface area contributed by atoms with Crippen LogP contribution in [-0.4, -0.2) is 43.0 Å². The smallest absolute Gasteiger partial charge is 0.228 e. The fourth-order valence-electron chi connectivity index (χ4n) is 2.10. The molecule has 1 saturated carbocycles. The Morgan fingerprint density at radius 1 is 1.40 bits per heavy atom. The molecule has 0 spiro atoms. The molecule has 110 valence electrons. The first-order valence-electron chi connectivity index (χ1n) is 7.30. The molecule has 0 saturated heterocycles. The van der Waals surface area contributed by atoms with E-state index in [2.05, 4.69) is 34.6 Å². The van der Waals surface area contributed by atoms with Crippen molar-refractivity contribution in [2.75, 3.05) is 37.8 Å². The summed E-state index contributed by atoms with van der Waals surface area (Å²) < 4.78 is 0. The Labute approximate surface area is 120 Å². The monoisotopic (exact) mass is 276 g/mol. The van der Waals surface area contributed by atoms with Gasteiger partial charge in [0.1, 0.15) is 5.82 Å². The normalized spacial score (nSPS) is 14.9. The molecular weight excluding hydrogens is 252 g/mol. The fourth-order valence-corrected chi connectivity index (χ4v) is 2.10. The molecule has 0 aromatic carbocycles. The highest BCUT2D eigenvalue weighted by molar-refractivity contribution is 5.92. The highest BCUT2D eigenvalue weighted by Gasteiger charge is 2.25. The van der Waals surface area contributed by atoms with E-state index in [1.165, 1.54) is 6.42 Å². The van der Waals surface area contributed by atoms with Gasteiger partial charge in [0.15, 0.2) is 0 Å². The predicted molar refractivity (Wildman–Crippen MR) is 81.9 cm³/mol. The van der Waals surface area contributed by atoms with Crippen molar-refractivity contribution < 1.29 is 4.79 Å². The summed E-state index contributed by atoms with van der Waals surface area (Å²) in [6.07, 6.45) is 6.05. The van der Waals surface area contributed by atoms with Gasteiger partial charge in [0.25, 0.3) is 0 Å². The molecule has 1 aliphatic carbocycles. The zero-order chi connectivity index (χ0) is 14.4. The Balaban J connectivity index is 1.73. The molecule has 1 aliphatic rings. The number of nitrogens with zero attached hydrogens (tertiary/aromatic N) is 2. The molecule has 0 radical (unpaired) electrons. The highest BCUT2D eigenvalue weighted by Crippen LogP contribution is 2.27. The minimum atomic E-state index is 0.107. The molecule has 20 heavy (non-hydrogen) atoms. The van der Waals surface area contributed by atoms with Gasteiger partial charge in [0.05, 0.1) is 11.9 Å². The van der Waals surface area contributed by atoms with Crippen LogP contribution in [0.15, 0.2) is 18.3 Å². The Hall–Kier alpha value is -1.62. The zero-order valence-electron chi connectivity index (χ0n) is 12.4. The quantitative estimate of drug-likeness (QED) is 0.750. The Morgan fingerprint density at radius 3 is 2.75 bits per heavy atom. The van der Waals surface area contributed by atoms with E-state index in [-0.39, 0.29) is 11.8 Å². The number of rotatable bonds is 7. The van der Waals surface area contributed by atoms with Gasteiger partial charge in [-0.15, -0.1) is 0 Å². The van der Waals surface area contributed by atoms with Crippen molar-refractivity contribution in [2.45, 2.75) is 25.7 Å². The van der Waals surface area contributed by atoms with E-state index in [9.17, 15) is 4.79 Å². The van der Waals surface area contributed by atoms with Gasteiger partial charge in [-0.25, -0.2) is 4.98 Å². The third-order valence-electron chi connectivity index (χ3n) is 3.60. The maximum atomic E-state index is 11.8. The molecule has 5 heteroatoms. The fraction of sp³-hybridized carbons (Fsp3) is 0.600. The van der Waals surface area contributed by atoms with Crippen LogP contribution in [0.1, 0.15) is 25.7 Å². The van der Waals surface area contributed by atoms with Gasteiger partial charge in [-0.2, -0.15) is 0 Å². The van der Waals surface area contributed by atoms with E-state index in [4.69, 9.17) is 0 Å². The van der Waals surface area contributed by atoms with E-state index in [1.54, 1.807) is 6.20 Å². The molecular formula is C15H24N4O. The number of anilines is 2. The van der Waals surface area contributed by atoms with E-state index >= 15 is 0 Å².